The maximum Gasteiger partial charge on any atom is 0.335 e. The third-order valence-electron chi connectivity index (χ3n) is 5.97. The van der Waals surface area contributed by atoms with Gasteiger partial charge in [-0.1, -0.05) is 60.7 Å². The predicted molar refractivity (Wildman–Crippen MR) is 138 cm³/mol. The van der Waals surface area contributed by atoms with Gasteiger partial charge < -0.3 is 5.11 Å². The first-order chi connectivity index (χ1) is 17.7. The van der Waals surface area contributed by atoms with Crippen molar-refractivity contribution in [3.8, 4) is 39.5 Å². The Morgan fingerprint density at radius 3 is 2.11 bits per heavy atom. The Bertz CT molecular complexity index is 1710. The molecule has 0 atom stereocenters. The lowest BCUT2D eigenvalue weighted by molar-refractivity contribution is 0.0696. The molecule has 0 aliphatic rings. The molecule has 0 saturated heterocycles. The van der Waals surface area contributed by atoms with E-state index in [-0.39, 0.29) is 5.56 Å². The van der Waals surface area contributed by atoms with E-state index in [9.17, 15) is 9.90 Å². The monoisotopic (exact) mass is 469 g/mol. The van der Waals surface area contributed by atoms with E-state index in [2.05, 4.69) is 39.2 Å². The van der Waals surface area contributed by atoms with Gasteiger partial charge in [-0.15, -0.1) is 0 Å². The molecule has 3 heterocycles. The van der Waals surface area contributed by atoms with Gasteiger partial charge in [-0.25, -0.2) is 14.5 Å². The van der Waals surface area contributed by atoms with E-state index in [1.54, 1.807) is 17.1 Å². The van der Waals surface area contributed by atoms with Gasteiger partial charge in [0.15, 0.2) is 5.82 Å². The van der Waals surface area contributed by atoms with Crippen LogP contribution in [0.2, 0.25) is 0 Å². The molecule has 1 N–H and O–H groups in total. The van der Waals surface area contributed by atoms with Gasteiger partial charge in [0, 0.05) is 29.7 Å². The van der Waals surface area contributed by atoms with Gasteiger partial charge in [-0.3, -0.25) is 9.97 Å². The first kappa shape index (κ1) is 21.4. The minimum absolute atomic E-state index is 0.139. The van der Waals surface area contributed by atoms with E-state index >= 15 is 0 Å². The zero-order valence-corrected chi connectivity index (χ0v) is 19.0. The van der Waals surface area contributed by atoms with Gasteiger partial charge >= 0.3 is 5.97 Å². The van der Waals surface area contributed by atoms with E-state index in [0.717, 1.165) is 44.7 Å². The molecule has 0 spiro atoms. The molecular formula is C29H19N5O2. The Hall–Kier alpha value is -5.17. The van der Waals surface area contributed by atoms with E-state index in [1.807, 2.05) is 54.6 Å². The molecule has 0 aliphatic carbocycles. The molecule has 36 heavy (non-hydrogen) atoms. The zero-order valence-electron chi connectivity index (χ0n) is 19.0. The van der Waals surface area contributed by atoms with Gasteiger partial charge in [0.25, 0.3) is 0 Å². The summed E-state index contributed by atoms with van der Waals surface area (Å²) in [5, 5.41) is 14.3. The number of hydrogen-bond donors (Lipinski definition) is 1. The van der Waals surface area contributed by atoms with Crippen LogP contribution in [0.25, 0.3) is 50.5 Å². The summed E-state index contributed by atoms with van der Waals surface area (Å²) >= 11 is 0. The number of carbonyl (C=O) groups is 1. The molecule has 0 amide bonds. The number of fused-ring (bicyclic) bond motifs is 1. The van der Waals surface area contributed by atoms with Crippen molar-refractivity contribution in [2.75, 3.05) is 0 Å². The Labute approximate surface area is 206 Å². The molecule has 0 bridgehead atoms. The number of carboxylic acid groups (broad SMARTS) is 1. The van der Waals surface area contributed by atoms with Crippen molar-refractivity contribution in [3.63, 3.8) is 0 Å². The second kappa shape index (κ2) is 8.88. The first-order valence-corrected chi connectivity index (χ1v) is 11.3. The summed E-state index contributed by atoms with van der Waals surface area (Å²) in [6.45, 7) is 0. The van der Waals surface area contributed by atoms with E-state index in [0.29, 0.717) is 5.82 Å². The fourth-order valence-corrected chi connectivity index (χ4v) is 4.16. The molecule has 0 unspecified atom stereocenters. The summed E-state index contributed by atoms with van der Waals surface area (Å²) in [6.07, 6.45) is 4.79. The summed E-state index contributed by atoms with van der Waals surface area (Å²) in [4.78, 5) is 24.8. The van der Waals surface area contributed by atoms with Gasteiger partial charge in [0.05, 0.1) is 28.0 Å². The summed E-state index contributed by atoms with van der Waals surface area (Å²) in [5.74, 6) is -0.610. The fourth-order valence-electron chi connectivity index (χ4n) is 4.16. The number of hydrogen-bond acceptors (Lipinski definition) is 5. The predicted octanol–water partition coefficient (Wildman–Crippen LogP) is 5.91. The van der Waals surface area contributed by atoms with Crippen LogP contribution in [0.15, 0.2) is 110 Å². The number of carboxylic acids is 1. The summed E-state index contributed by atoms with van der Waals surface area (Å²) in [5.41, 5.74) is 7.24. The van der Waals surface area contributed by atoms with Crippen LogP contribution in [-0.2, 0) is 0 Å². The maximum atomic E-state index is 11.6. The molecule has 7 heteroatoms. The Morgan fingerprint density at radius 2 is 1.33 bits per heavy atom. The molecule has 0 saturated carbocycles. The van der Waals surface area contributed by atoms with Crippen molar-refractivity contribution in [2.45, 2.75) is 0 Å². The molecule has 0 fully saturated rings. The lowest BCUT2D eigenvalue weighted by atomic mass is 10.0. The van der Waals surface area contributed by atoms with Gasteiger partial charge in [0.2, 0.25) is 0 Å². The van der Waals surface area contributed by atoms with Crippen molar-refractivity contribution in [2.24, 2.45) is 0 Å². The fraction of sp³-hybridized carbons (Fsp3) is 0. The molecule has 0 aliphatic heterocycles. The van der Waals surface area contributed by atoms with E-state index < -0.39 is 5.97 Å². The van der Waals surface area contributed by atoms with Gasteiger partial charge in [-0.2, -0.15) is 5.10 Å². The van der Waals surface area contributed by atoms with Crippen molar-refractivity contribution in [3.05, 3.63) is 115 Å². The Kier molecular flexibility index (Phi) is 5.27. The van der Waals surface area contributed by atoms with Crippen LogP contribution in [0, 0.1) is 0 Å². The number of nitrogens with zero attached hydrogens (tertiary/aromatic N) is 5. The van der Waals surface area contributed by atoms with Gasteiger partial charge in [-0.05, 0) is 41.5 Å². The summed E-state index contributed by atoms with van der Waals surface area (Å²) in [7, 11) is 0. The number of benzene rings is 3. The molecular weight excluding hydrogens is 450 g/mol. The highest BCUT2D eigenvalue weighted by molar-refractivity contribution is 5.88. The lowest BCUT2D eigenvalue weighted by Gasteiger charge is -2.08. The third kappa shape index (κ3) is 3.99. The Balaban J connectivity index is 1.48. The minimum Gasteiger partial charge on any atom is -0.478 e. The van der Waals surface area contributed by atoms with Crippen LogP contribution in [0.3, 0.4) is 0 Å². The van der Waals surface area contributed by atoms with E-state index in [1.165, 1.54) is 18.3 Å². The van der Waals surface area contributed by atoms with Crippen LogP contribution in [0.5, 0.6) is 0 Å². The second-order valence-electron chi connectivity index (χ2n) is 8.24. The third-order valence-corrected chi connectivity index (χ3v) is 5.97. The van der Waals surface area contributed by atoms with E-state index in [4.69, 9.17) is 5.10 Å². The second-order valence-corrected chi connectivity index (χ2v) is 8.24. The summed E-state index contributed by atoms with van der Waals surface area (Å²) in [6, 6.07) is 29.1. The molecule has 172 valence electrons. The molecule has 0 radical (unpaired) electrons. The van der Waals surface area contributed by atoms with Crippen LogP contribution in [-0.4, -0.2) is 35.8 Å². The number of aromatic carboxylic acids is 1. The highest BCUT2D eigenvalue weighted by Crippen LogP contribution is 2.31. The maximum absolute atomic E-state index is 11.6. The SMILES string of the molecule is O=C(O)c1ccnc(-n2nc(-c3ccc(-c4ccccc4)cc3)cc2-c2ccc3nccnc3c2)c1. The van der Waals surface area contributed by atoms with Crippen LogP contribution < -0.4 is 0 Å². The Morgan fingerprint density at radius 1 is 0.639 bits per heavy atom. The van der Waals surface area contributed by atoms with Crippen molar-refractivity contribution < 1.29 is 9.90 Å². The number of pyridine rings is 1. The van der Waals surface area contributed by atoms with Gasteiger partial charge in [0.1, 0.15) is 0 Å². The molecule has 6 rings (SSSR count). The van der Waals surface area contributed by atoms with Crippen LogP contribution >= 0.6 is 0 Å². The molecule has 7 nitrogen and oxygen atoms in total. The normalized spacial score (nSPS) is 11.0. The minimum atomic E-state index is -1.02. The molecule has 3 aromatic heterocycles. The van der Waals surface area contributed by atoms with Crippen molar-refractivity contribution in [1.29, 1.82) is 0 Å². The zero-order chi connectivity index (χ0) is 24.5. The van der Waals surface area contributed by atoms with Crippen molar-refractivity contribution >= 4 is 17.0 Å². The average Bonchev–Trinajstić information content (AvgIpc) is 3.39. The molecule has 3 aromatic carbocycles. The summed E-state index contributed by atoms with van der Waals surface area (Å²) < 4.78 is 1.67. The topological polar surface area (TPSA) is 93.8 Å². The van der Waals surface area contributed by atoms with Crippen LogP contribution in [0.1, 0.15) is 10.4 Å². The van der Waals surface area contributed by atoms with Crippen LogP contribution in [0.4, 0.5) is 0 Å². The largest absolute Gasteiger partial charge is 0.478 e. The standard InChI is InChI=1S/C29H19N5O2/c35-29(36)23-12-13-32-28(17-23)34-27(22-10-11-24-26(16-22)31-15-14-30-24)18-25(33-34)21-8-6-20(7-9-21)19-4-2-1-3-5-19/h1-18H,(H,35,36). The average molecular weight is 470 g/mol. The lowest BCUT2D eigenvalue weighted by Crippen LogP contribution is -2.05. The first-order valence-electron chi connectivity index (χ1n) is 11.3. The number of rotatable bonds is 5. The quantitative estimate of drug-likeness (QED) is 0.337. The molecule has 6 aromatic rings. The smallest absolute Gasteiger partial charge is 0.335 e. The van der Waals surface area contributed by atoms with Crippen molar-refractivity contribution in [1.82, 2.24) is 24.7 Å². The highest BCUT2D eigenvalue weighted by atomic mass is 16.4. The number of aromatic nitrogens is 5. The highest BCUT2D eigenvalue weighted by Gasteiger charge is 2.16.